The summed E-state index contributed by atoms with van der Waals surface area (Å²) in [5, 5.41) is 9.13. The molecule has 14 heavy (non-hydrogen) atoms. The Morgan fingerprint density at radius 3 is 2.43 bits per heavy atom. The van der Waals surface area contributed by atoms with Gasteiger partial charge in [0.15, 0.2) is 0 Å². The van der Waals surface area contributed by atoms with Crippen LogP contribution in [0.3, 0.4) is 0 Å². The van der Waals surface area contributed by atoms with E-state index in [2.05, 4.69) is 48.0 Å². The van der Waals surface area contributed by atoms with Crippen molar-refractivity contribution in [2.24, 2.45) is 0 Å². The SMILES string of the molecule is Cc1cc(C2(C#N)CC2)c(C)cc1Br. The Morgan fingerprint density at radius 1 is 1.29 bits per heavy atom. The first-order valence-corrected chi connectivity index (χ1v) is 5.57. The zero-order chi connectivity index (χ0) is 10.3. The van der Waals surface area contributed by atoms with Crippen LogP contribution in [0.25, 0.3) is 0 Å². The van der Waals surface area contributed by atoms with Crippen molar-refractivity contribution in [2.75, 3.05) is 0 Å². The van der Waals surface area contributed by atoms with E-state index in [1.807, 2.05) is 0 Å². The van der Waals surface area contributed by atoms with Crippen molar-refractivity contribution >= 4 is 15.9 Å². The van der Waals surface area contributed by atoms with E-state index in [0.29, 0.717) is 0 Å². The first-order valence-electron chi connectivity index (χ1n) is 4.77. The molecule has 1 nitrogen and oxygen atoms in total. The van der Waals surface area contributed by atoms with Gasteiger partial charge >= 0.3 is 0 Å². The predicted molar refractivity (Wildman–Crippen MR) is 60.1 cm³/mol. The first kappa shape index (κ1) is 9.73. The van der Waals surface area contributed by atoms with Crippen LogP contribution in [0, 0.1) is 25.2 Å². The Morgan fingerprint density at radius 2 is 1.93 bits per heavy atom. The molecule has 0 heterocycles. The highest BCUT2D eigenvalue weighted by Crippen LogP contribution is 2.49. The quantitative estimate of drug-likeness (QED) is 0.746. The van der Waals surface area contributed by atoms with Crippen LogP contribution in [0.5, 0.6) is 0 Å². The Balaban J connectivity index is 2.55. The standard InChI is InChI=1S/C12H12BrN/c1-8-6-11(13)9(2)5-10(8)12(7-14)3-4-12/h5-6H,3-4H2,1-2H3. The molecule has 1 aromatic carbocycles. The second kappa shape index (κ2) is 3.10. The fourth-order valence-corrected chi connectivity index (χ4v) is 2.32. The van der Waals surface area contributed by atoms with E-state index < -0.39 is 0 Å². The summed E-state index contributed by atoms with van der Waals surface area (Å²) >= 11 is 3.51. The molecule has 2 heteroatoms. The number of rotatable bonds is 1. The Hall–Kier alpha value is -0.810. The van der Waals surface area contributed by atoms with Gasteiger partial charge in [-0.2, -0.15) is 5.26 Å². The molecule has 1 aliphatic rings. The maximum Gasteiger partial charge on any atom is 0.0826 e. The summed E-state index contributed by atoms with van der Waals surface area (Å²) in [7, 11) is 0. The minimum Gasteiger partial charge on any atom is -0.197 e. The number of nitriles is 1. The van der Waals surface area contributed by atoms with E-state index in [1.54, 1.807) is 0 Å². The summed E-state index contributed by atoms with van der Waals surface area (Å²) in [6.45, 7) is 4.15. The second-order valence-electron chi connectivity index (χ2n) is 4.11. The molecule has 0 bridgehead atoms. The Bertz CT molecular complexity index is 425. The number of hydrogen-bond acceptors (Lipinski definition) is 1. The van der Waals surface area contributed by atoms with Crippen LogP contribution in [-0.2, 0) is 5.41 Å². The summed E-state index contributed by atoms with van der Waals surface area (Å²) < 4.78 is 1.13. The van der Waals surface area contributed by atoms with E-state index in [1.165, 1.54) is 16.7 Å². The summed E-state index contributed by atoms with van der Waals surface area (Å²) in [6, 6.07) is 6.70. The van der Waals surface area contributed by atoms with Gasteiger partial charge in [-0.05, 0) is 49.4 Å². The number of halogens is 1. The molecular formula is C12H12BrN. The van der Waals surface area contributed by atoms with E-state index in [4.69, 9.17) is 5.26 Å². The van der Waals surface area contributed by atoms with Gasteiger partial charge in [0.25, 0.3) is 0 Å². The molecule has 1 aliphatic carbocycles. The van der Waals surface area contributed by atoms with Crippen molar-refractivity contribution in [3.8, 4) is 6.07 Å². The lowest BCUT2D eigenvalue weighted by Crippen LogP contribution is -2.05. The molecule has 0 radical (unpaired) electrons. The van der Waals surface area contributed by atoms with Crippen LogP contribution in [0.2, 0.25) is 0 Å². The van der Waals surface area contributed by atoms with Crippen molar-refractivity contribution in [3.05, 3.63) is 33.3 Å². The summed E-state index contributed by atoms with van der Waals surface area (Å²) in [6.07, 6.45) is 2.04. The van der Waals surface area contributed by atoms with Crippen LogP contribution in [-0.4, -0.2) is 0 Å². The molecule has 1 saturated carbocycles. The van der Waals surface area contributed by atoms with Gasteiger partial charge in [-0.25, -0.2) is 0 Å². The van der Waals surface area contributed by atoms with Gasteiger partial charge in [-0.15, -0.1) is 0 Å². The molecule has 0 aliphatic heterocycles. The lowest BCUT2D eigenvalue weighted by atomic mass is 9.92. The maximum atomic E-state index is 9.13. The summed E-state index contributed by atoms with van der Waals surface area (Å²) in [5.74, 6) is 0. The minimum atomic E-state index is -0.157. The number of aryl methyl sites for hydroxylation is 2. The van der Waals surface area contributed by atoms with Gasteiger partial charge in [0.05, 0.1) is 11.5 Å². The normalized spacial score (nSPS) is 17.6. The maximum absolute atomic E-state index is 9.13. The lowest BCUT2D eigenvalue weighted by Gasteiger charge is -2.12. The molecular weight excluding hydrogens is 238 g/mol. The molecule has 72 valence electrons. The van der Waals surface area contributed by atoms with Gasteiger partial charge in [0, 0.05) is 4.47 Å². The van der Waals surface area contributed by atoms with E-state index in [-0.39, 0.29) is 5.41 Å². The molecule has 0 aromatic heterocycles. The minimum absolute atomic E-state index is 0.157. The molecule has 0 amide bonds. The number of benzene rings is 1. The second-order valence-corrected chi connectivity index (χ2v) is 4.96. The fraction of sp³-hybridized carbons (Fsp3) is 0.417. The van der Waals surface area contributed by atoms with Gasteiger partial charge in [-0.3, -0.25) is 0 Å². The van der Waals surface area contributed by atoms with E-state index >= 15 is 0 Å². The van der Waals surface area contributed by atoms with Crippen LogP contribution >= 0.6 is 15.9 Å². The molecule has 0 saturated heterocycles. The van der Waals surface area contributed by atoms with Crippen molar-refractivity contribution in [1.29, 1.82) is 5.26 Å². The van der Waals surface area contributed by atoms with Crippen molar-refractivity contribution in [2.45, 2.75) is 32.1 Å². The molecule has 1 aromatic rings. The zero-order valence-electron chi connectivity index (χ0n) is 8.39. The average molecular weight is 250 g/mol. The molecule has 2 rings (SSSR count). The third kappa shape index (κ3) is 1.36. The first-order chi connectivity index (χ1) is 6.59. The third-order valence-electron chi connectivity index (χ3n) is 2.99. The summed E-state index contributed by atoms with van der Waals surface area (Å²) in [5.41, 5.74) is 3.50. The average Bonchev–Trinajstić information content (AvgIpc) is 2.92. The number of hydrogen-bond donors (Lipinski definition) is 0. The molecule has 0 unspecified atom stereocenters. The Labute approximate surface area is 92.9 Å². The van der Waals surface area contributed by atoms with Crippen molar-refractivity contribution < 1.29 is 0 Å². The van der Waals surface area contributed by atoms with E-state index in [0.717, 1.165) is 17.3 Å². The fourth-order valence-electron chi connectivity index (χ4n) is 1.86. The molecule has 0 N–H and O–H groups in total. The number of nitrogens with zero attached hydrogens (tertiary/aromatic N) is 1. The highest BCUT2D eigenvalue weighted by Gasteiger charge is 2.45. The molecule has 0 spiro atoms. The van der Waals surface area contributed by atoms with Crippen LogP contribution in [0.15, 0.2) is 16.6 Å². The molecule has 0 atom stereocenters. The van der Waals surface area contributed by atoms with Gasteiger partial charge in [0.1, 0.15) is 0 Å². The highest BCUT2D eigenvalue weighted by atomic mass is 79.9. The lowest BCUT2D eigenvalue weighted by molar-refractivity contribution is 0.892. The van der Waals surface area contributed by atoms with Gasteiger partial charge < -0.3 is 0 Å². The highest BCUT2D eigenvalue weighted by molar-refractivity contribution is 9.10. The van der Waals surface area contributed by atoms with E-state index in [9.17, 15) is 0 Å². The largest absolute Gasteiger partial charge is 0.197 e. The Kier molecular flexibility index (Phi) is 2.16. The third-order valence-corrected chi connectivity index (χ3v) is 3.84. The topological polar surface area (TPSA) is 23.8 Å². The van der Waals surface area contributed by atoms with Gasteiger partial charge in [-0.1, -0.05) is 22.0 Å². The van der Waals surface area contributed by atoms with Crippen molar-refractivity contribution in [1.82, 2.24) is 0 Å². The van der Waals surface area contributed by atoms with Crippen LogP contribution in [0.1, 0.15) is 29.5 Å². The van der Waals surface area contributed by atoms with Gasteiger partial charge in [0.2, 0.25) is 0 Å². The summed E-state index contributed by atoms with van der Waals surface area (Å²) in [4.78, 5) is 0. The van der Waals surface area contributed by atoms with Crippen LogP contribution < -0.4 is 0 Å². The zero-order valence-corrected chi connectivity index (χ0v) is 9.98. The van der Waals surface area contributed by atoms with Crippen LogP contribution in [0.4, 0.5) is 0 Å². The smallest absolute Gasteiger partial charge is 0.0826 e. The molecule has 1 fully saturated rings. The monoisotopic (exact) mass is 249 g/mol. The predicted octanol–water partition coefficient (Wildman–Crippen LogP) is 3.62. The van der Waals surface area contributed by atoms with Crippen molar-refractivity contribution in [3.63, 3.8) is 0 Å².